The van der Waals surface area contributed by atoms with E-state index in [0.29, 0.717) is 28.7 Å². The first kappa shape index (κ1) is 16.0. The molecule has 1 aliphatic rings. The van der Waals surface area contributed by atoms with Crippen LogP contribution in [0.5, 0.6) is 0 Å². The van der Waals surface area contributed by atoms with Crippen LogP contribution in [0.4, 0.5) is 0 Å². The average molecular weight is 423 g/mol. The molecule has 0 radical (unpaired) electrons. The highest BCUT2D eigenvalue weighted by Gasteiger charge is 2.34. The van der Waals surface area contributed by atoms with Crippen LogP contribution in [-0.4, -0.2) is 28.9 Å². The first-order valence-electron chi connectivity index (χ1n) is 6.38. The summed E-state index contributed by atoms with van der Waals surface area (Å²) in [6.07, 6.45) is 1.62. The number of rotatable bonds is 2. The number of likely N-dealkylation sites (tertiary alicyclic amines) is 1. The molecule has 1 aromatic rings. The van der Waals surface area contributed by atoms with Gasteiger partial charge in [-0.1, -0.05) is 30.7 Å². The minimum atomic E-state index is -0.129. The molecule has 1 heterocycles. The summed E-state index contributed by atoms with van der Waals surface area (Å²) in [6, 6.07) is 5.41. The van der Waals surface area contributed by atoms with Crippen molar-refractivity contribution in [3.63, 3.8) is 0 Å². The van der Waals surface area contributed by atoms with E-state index >= 15 is 0 Å². The molecule has 1 amide bonds. The Hall–Kier alpha value is -0.400. The molecule has 0 saturated carbocycles. The maximum Gasteiger partial charge on any atom is 0.253 e. The van der Waals surface area contributed by atoms with E-state index in [2.05, 4.69) is 29.5 Å². The second-order valence-electron chi connectivity index (χ2n) is 5.35. The van der Waals surface area contributed by atoms with Gasteiger partial charge in [-0.2, -0.15) is 0 Å². The first-order chi connectivity index (χ1) is 9.33. The largest absolute Gasteiger partial charge is 0.393 e. The van der Waals surface area contributed by atoms with Crippen molar-refractivity contribution >= 4 is 57.3 Å². The Morgan fingerprint density at radius 1 is 1.45 bits per heavy atom. The van der Waals surface area contributed by atoms with Crippen molar-refractivity contribution in [3.05, 3.63) is 32.4 Å². The maximum atomic E-state index is 12.4. The lowest BCUT2D eigenvalue weighted by Crippen LogP contribution is -2.46. The molecule has 6 heteroatoms. The van der Waals surface area contributed by atoms with Gasteiger partial charge in [-0.15, -0.1) is 0 Å². The minimum Gasteiger partial charge on any atom is -0.393 e. The quantitative estimate of drug-likeness (QED) is 0.586. The molecule has 3 nitrogen and oxygen atoms in total. The van der Waals surface area contributed by atoms with Gasteiger partial charge in [0.05, 0.1) is 10.0 Å². The van der Waals surface area contributed by atoms with Crippen LogP contribution in [0, 0.1) is 8.99 Å². The van der Waals surface area contributed by atoms with Crippen LogP contribution in [0.15, 0.2) is 18.2 Å². The van der Waals surface area contributed by atoms with E-state index in [4.69, 9.17) is 29.6 Å². The predicted octanol–water partition coefficient (Wildman–Crippen LogP) is 3.47. The molecule has 1 aromatic carbocycles. The third-order valence-electron chi connectivity index (χ3n) is 3.92. The third-order valence-corrected chi connectivity index (χ3v) is 5.98. The number of halogens is 2. The Bertz CT molecular complexity index is 556. The smallest absolute Gasteiger partial charge is 0.253 e. The van der Waals surface area contributed by atoms with Crippen molar-refractivity contribution in [3.8, 4) is 0 Å². The van der Waals surface area contributed by atoms with E-state index in [1.54, 1.807) is 6.07 Å². The molecule has 0 atom stereocenters. The van der Waals surface area contributed by atoms with Crippen molar-refractivity contribution in [2.45, 2.75) is 19.8 Å². The zero-order valence-corrected chi connectivity index (χ0v) is 14.9. The summed E-state index contributed by atoms with van der Waals surface area (Å²) in [7, 11) is 0. The number of nitrogens with zero attached hydrogens (tertiary/aromatic N) is 1. The fraction of sp³-hybridized carbons (Fsp3) is 0.429. The second-order valence-corrected chi connectivity index (χ2v) is 7.36. The Morgan fingerprint density at radius 3 is 2.55 bits per heavy atom. The zero-order chi connectivity index (χ0) is 14.9. The van der Waals surface area contributed by atoms with E-state index < -0.39 is 0 Å². The van der Waals surface area contributed by atoms with Gasteiger partial charge in [0.25, 0.3) is 5.91 Å². The van der Waals surface area contributed by atoms with Gasteiger partial charge in [-0.05, 0) is 53.6 Å². The zero-order valence-electron chi connectivity index (χ0n) is 11.2. The molecule has 0 spiro atoms. The van der Waals surface area contributed by atoms with E-state index in [1.807, 2.05) is 17.0 Å². The van der Waals surface area contributed by atoms with Crippen molar-refractivity contribution in [1.29, 1.82) is 0 Å². The molecule has 1 saturated heterocycles. The number of hydrogen-bond acceptors (Lipinski definition) is 2. The Balaban J connectivity index is 2.08. The van der Waals surface area contributed by atoms with Crippen LogP contribution in [0.2, 0.25) is 5.02 Å². The Labute approximate surface area is 143 Å². The fourth-order valence-electron chi connectivity index (χ4n) is 2.26. The molecular weight excluding hydrogens is 407 g/mol. The Kier molecular flexibility index (Phi) is 4.92. The summed E-state index contributed by atoms with van der Waals surface area (Å²) in [6.45, 7) is 3.42. The molecule has 0 aliphatic carbocycles. The molecule has 0 aromatic heterocycles. The summed E-state index contributed by atoms with van der Waals surface area (Å²) in [4.78, 5) is 14.8. The SMILES string of the molecule is CC1(C(N)=S)CCN(C(=O)c2ccc(I)c(Cl)c2)CC1. The van der Waals surface area contributed by atoms with Crippen LogP contribution in [-0.2, 0) is 0 Å². The number of piperidine rings is 1. The lowest BCUT2D eigenvalue weighted by Gasteiger charge is -2.38. The highest BCUT2D eigenvalue weighted by atomic mass is 127. The fourth-order valence-corrected chi connectivity index (χ4v) is 2.98. The summed E-state index contributed by atoms with van der Waals surface area (Å²) < 4.78 is 0.945. The summed E-state index contributed by atoms with van der Waals surface area (Å²) in [5, 5.41) is 0.612. The van der Waals surface area contributed by atoms with Crippen molar-refractivity contribution in [2.75, 3.05) is 13.1 Å². The average Bonchev–Trinajstić information content (AvgIpc) is 2.42. The number of thiocarbonyl (C=S) groups is 1. The lowest BCUT2D eigenvalue weighted by molar-refractivity contribution is 0.0670. The Morgan fingerprint density at radius 2 is 2.05 bits per heavy atom. The van der Waals surface area contributed by atoms with Crippen molar-refractivity contribution in [1.82, 2.24) is 4.90 Å². The summed E-state index contributed by atoms with van der Waals surface area (Å²) in [5.41, 5.74) is 6.28. The number of hydrogen-bond donors (Lipinski definition) is 1. The van der Waals surface area contributed by atoms with Crippen LogP contribution in [0.25, 0.3) is 0 Å². The second kappa shape index (κ2) is 6.15. The molecule has 1 fully saturated rings. The van der Waals surface area contributed by atoms with E-state index in [-0.39, 0.29) is 11.3 Å². The topological polar surface area (TPSA) is 46.3 Å². The van der Waals surface area contributed by atoms with Gasteiger partial charge in [0.2, 0.25) is 0 Å². The summed E-state index contributed by atoms with van der Waals surface area (Å²) >= 11 is 13.3. The molecule has 1 aliphatic heterocycles. The highest BCUT2D eigenvalue weighted by molar-refractivity contribution is 14.1. The van der Waals surface area contributed by atoms with Crippen LogP contribution < -0.4 is 5.73 Å². The van der Waals surface area contributed by atoms with Gasteiger partial charge in [-0.3, -0.25) is 4.79 Å². The maximum absolute atomic E-state index is 12.4. The van der Waals surface area contributed by atoms with Crippen LogP contribution in [0.3, 0.4) is 0 Å². The van der Waals surface area contributed by atoms with E-state index in [9.17, 15) is 4.79 Å². The van der Waals surface area contributed by atoms with Gasteiger partial charge in [0.1, 0.15) is 0 Å². The molecule has 2 rings (SSSR count). The standard InChI is InChI=1S/C14H16ClIN2OS/c1-14(13(17)20)4-6-18(7-5-14)12(19)9-2-3-11(16)10(15)8-9/h2-3,8H,4-7H2,1H3,(H2,17,20). The van der Waals surface area contributed by atoms with E-state index in [1.165, 1.54) is 0 Å². The summed E-state index contributed by atoms with van der Waals surface area (Å²) in [5.74, 6) is 0.0216. The van der Waals surface area contributed by atoms with Crippen LogP contribution >= 0.6 is 46.4 Å². The predicted molar refractivity (Wildman–Crippen MR) is 94.2 cm³/mol. The number of carbonyl (C=O) groups is 1. The first-order valence-corrected chi connectivity index (χ1v) is 8.24. The molecule has 0 bridgehead atoms. The van der Waals surface area contributed by atoms with Gasteiger partial charge >= 0.3 is 0 Å². The van der Waals surface area contributed by atoms with Gasteiger partial charge in [0.15, 0.2) is 0 Å². The van der Waals surface area contributed by atoms with Gasteiger partial charge in [0, 0.05) is 27.6 Å². The number of amides is 1. The molecule has 20 heavy (non-hydrogen) atoms. The van der Waals surface area contributed by atoms with Crippen molar-refractivity contribution in [2.24, 2.45) is 11.1 Å². The number of benzene rings is 1. The monoisotopic (exact) mass is 422 g/mol. The number of carbonyl (C=O) groups excluding carboxylic acids is 1. The van der Waals surface area contributed by atoms with Crippen molar-refractivity contribution < 1.29 is 4.79 Å². The lowest BCUT2D eigenvalue weighted by atomic mass is 9.80. The molecule has 108 valence electrons. The number of nitrogens with two attached hydrogens (primary N) is 1. The van der Waals surface area contributed by atoms with Crippen LogP contribution in [0.1, 0.15) is 30.1 Å². The highest BCUT2D eigenvalue weighted by Crippen LogP contribution is 2.32. The molecule has 2 N–H and O–H groups in total. The van der Waals surface area contributed by atoms with E-state index in [0.717, 1.165) is 16.4 Å². The molecule has 0 unspecified atom stereocenters. The minimum absolute atomic E-state index is 0.0216. The normalized spacial score (nSPS) is 17.9. The van der Waals surface area contributed by atoms with Gasteiger partial charge < -0.3 is 10.6 Å². The third kappa shape index (κ3) is 3.26. The van der Waals surface area contributed by atoms with Gasteiger partial charge in [-0.25, -0.2) is 0 Å². The molecular formula is C14H16ClIN2OS.